The fraction of sp³-hybridized carbons (Fsp3) is 0.519. The number of aliphatic carboxylic acids is 2. The molecule has 69 heavy (non-hydrogen) atoms. The summed E-state index contributed by atoms with van der Waals surface area (Å²) in [5.41, 5.74) is 3.62. The molecule has 4 aliphatic rings. The minimum absolute atomic E-state index is 0. The predicted octanol–water partition coefficient (Wildman–Crippen LogP) is 11.2. The lowest BCUT2D eigenvalue weighted by molar-refractivity contribution is -0.144. The van der Waals surface area contributed by atoms with Gasteiger partial charge in [-0.25, -0.2) is 8.78 Å². The van der Waals surface area contributed by atoms with Gasteiger partial charge in [-0.05, 0) is 187 Å². The zero-order valence-electron chi connectivity index (χ0n) is 39.8. The van der Waals surface area contributed by atoms with Crippen LogP contribution in [0.2, 0.25) is 15.1 Å². The number of aryl methyl sites for hydroxylation is 1. The highest BCUT2D eigenvalue weighted by Gasteiger charge is 2.33. The fourth-order valence-corrected chi connectivity index (χ4v) is 10.8. The van der Waals surface area contributed by atoms with Crippen LogP contribution in [-0.4, -0.2) is 131 Å². The zero-order valence-corrected chi connectivity index (χ0v) is 42.1. The third-order valence-corrected chi connectivity index (χ3v) is 15.9. The fourth-order valence-electron chi connectivity index (χ4n) is 10.3. The number of hydrogen-bond donors (Lipinski definition) is 2. The Balaban J connectivity index is 0.000000257. The van der Waals surface area contributed by atoms with Gasteiger partial charge in [-0.1, -0.05) is 59.1 Å². The molecular formula is C54H71Cl3F2N4O6. The summed E-state index contributed by atoms with van der Waals surface area (Å²) in [7, 11) is 0. The first-order valence-electron chi connectivity index (χ1n) is 24.6. The first-order chi connectivity index (χ1) is 33.2. The number of hydrogen-bond acceptors (Lipinski definition) is 8. The van der Waals surface area contributed by atoms with Gasteiger partial charge < -0.3 is 29.5 Å². The van der Waals surface area contributed by atoms with Crippen molar-refractivity contribution < 1.29 is 40.9 Å². The number of rotatable bonds is 16. The van der Waals surface area contributed by atoms with E-state index in [4.69, 9.17) is 44.3 Å². The van der Waals surface area contributed by atoms with Crippen LogP contribution < -0.4 is 9.47 Å². The Hall–Kier alpha value is -4.01. The molecule has 0 bridgehead atoms. The second kappa shape index (κ2) is 25.4. The van der Waals surface area contributed by atoms with Crippen LogP contribution in [0.15, 0.2) is 78.9 Å². The number of carboxylic acids is 2. The highest BCUT2D eigenvalue weighted by atomic mass is 35.5. The summed E-state index contributed by atoms with van der Waals surface area (Å²) >= 11 is 18.5. The van der Waals surface area contributed by atoms with Gasteiger partial charge in [0.1, 0.15) is 47.4 Å². The molecule has 0 aromatic heterocycles. The van der Waals surface area contributed by atoms with Crippen molar-refractivity contribution in [3.8, 4) is 11.5 Å². The van der Waals surface area contributed by atoms with Crippen molar-refractivity contribution in [2.45, 2.75) is 102 Å². The summed E-state index contributed by atoms with van der Waals surface area (Å²) in [4.78, 5) is 33.0. The van der Waals surface area contributed by atoms with Crippen LogP contribution >= 0.6 is 34.8 Å². The first kappa shape index (κ1) is 52.8. The van der Waals surface area contributed by atoms with Gasteiger partial charge in [0.25, 0.3) is 0 Å². The number of nitrogens with zero attached hydrogens (tertiary/aromatic N) is 4. The van der Waals surface area contributed by atoms with E-state index in [1.54, 1.807) is 30.3 Å². The highest BCUT2D eigenvalue weighted by Crippen LogP contribution is 2.34. The van der Waals surface area contributed by atoms with Crippen LogP contribution in [0.3, 0.4) is 0 Å². The summed E-state index contributed by atoms with van der Waals surface area (Å²) in [5, 5.41) is 21.4. The molecule has 2 atom stereocenters. The lowest BCUT2D eigenvalue weighted by Gasteiger charge is -2.39. The molecule has 4 aromatic carbocycles. The van der Waals surface area contributed by atoms with Crippen LogP contribution in [0.25, 0.3) is 0 Å². The van der Waals surface area contributed by atoms with Crippen LogP contribution in [0.1, 0.15) is 76.5 Å². The minimum atomic E-state index is -0.813. The van der Waals surface area contributed by atoms with E-state index in [0.29, 0.717) is 34.7 Å². The smallest absolute Gasteiger partial charge is 0.321 e. The van der Waals surface area contributed by atoms with Crippen LogP contribution in [-0.2, 0) is 22.4 Å². The van der Waals surface area contributed by atoms with Crippen molar-refractivity contribution in [2.75, 3.05) is 65.4 Å². The average molecular weight is 1020 g/mol. The van der Waals surface area contributed by atoms with Crippen LogP contribution in [0.5, 0.6) is 11.5 Å². The molecule has 0 saturated carbocycles. The molecule has 378 valence electrons. The Kier molecular flexibility index (Phi) is 19.4. The van der Waals surface area contributed by atoms with Crippen molar-refractivity contribution in [1.82, 2.24) is 19.6 Å². The topological polar surface area (TPSA) is 106 Å². The van der Waals surface area contributed by atoms with E-state index < -0.39 is 24.0 Å². The molecule has 0 spiro atoms. The summed E-state index contributed by atoms with van der Waals surface area (Å²) in [6, 6.07) is 20.7. The average Bonchev–Trinajstić information content (AvgIpc) is 3.34. The summed E-state index contributed by atoms with van der Waals surface area (Å²) < 4.78 is 38.8. The Morgan fingerprint density at radius 2 is 1.01 bits per heavy atom. The van der Waals surface area contributed by atoms with E-state index in [9.17, 15) is 28.6 Å². The minimum Gasteiger partial charge on any atom is -0.490 e. The molecule has 4 aliphatic heterocycles. The number of carbonyl (C=O) groups is 2. The van der Waals surface area contributed by atoms with Gasteiger partial charge in [0.05, 0.1) is 10.0 Å². The largest absolute Gasteiger partial charge is 0.490 e. The highest BCUT2D eigenvalue weighted by molar-refractivity contribution is 6.42. The third kappa shape index (κ3) is 15.5. The molecule has 10 nitrogen and oxygen atoms in total. The van der Waals surface area contributed by atoms with E-state index in [2.05, 4.69) is 19.6 Å². The Bertz CT molecular complexity index is 2290. The molecule has 8 rings (SSSR count). The number of carboxylic acid groups (broad SMARTS) is 2. The molecule has 2 N–H and O–H groups in total. The monoisotopic (exact) mass is 1010 g/mol. The molecule has 0 amide bonds. The Morgan fingerprint density at radius 3 is 1.43 bits per heavy atom. The Labute approximate surface area is 424 Å². The number of benzene rings is 4. The molecule has 0 aliphatic carbocycles. The zero-order chi connectivity index (χ0) is 49.0. The SMILES string of the molecule is Cc1c(OC2CCN(CC3CCN([C@@H](Cc4ccc(F)cc4)C(=O)O)CC3)CC2)ccc(Cl)c1Cl.Cc1cc(OC2CCN(CC3CCN([C@@H](Cc4ccc(F)cc4)C(=O)O)CC3)CC2)ccc1Cl.[HH].[HH]. The quantitative estimate of drug-likeness (QED) is 0.113. The number of ether oxygens (including phenoxy) is 2. The van der Waals surface area contributed by atoms with Gasteiger partial charge in [-0.15, -0.1) is 0 Å². The normalized spacial score (nSPS) is 19.6. The van der Waals surface area contributed by atoms with Crippen molar-refractivity contribution in [3.63, 3.8) is 0 Å². The second-order valence-electron chi connectivity index (χ2n) is 19.5. The van der Waals surface area contributed by atoms with Gasteiger partial charge in [0.15, 0.2) is 0 Å². The van der Waals surface area contributed by atoms with E-state index in [0.717, 1.165) is 156 Å². The standard InChI is InChI=1S/C27H33Cl2FN2O3.C27H34ClFN2O3.2H2/c1-18-25(7-6-23(28)26(18)29)35-22-10-12-31(13-11-22)17-20-8-14-32(15-9-20)24(27(33)34)16-19-2-4-21(30)5-3-19;1-19-16-24(6-7-25(19)28)34-23-10-12-30(13-11-23)18-21-8-14-31(15-9-21)26(27(32)33)17-20-2-4-22(29)5-3-20;;/h2-7,20,22,24H,8-17H2,1H3,(H,33,34);2-7,16,21,23,26H,8-15,17-18H2,1H3,(H,32,33);2*1H/t24-;26-;;/m00../s1. The predicted molar refractivity (Wildman–Crippen MR) is 273 cm³/mol. The van der Waals surface area contributed by atoms with E-state index >= 15 is 0 Å². The van der Waals surface area contributed by atoms with Crippen LogP contribution in [0.4, 0.5) is 8.78 Å². The molecule has 15 heteroatoms. The molecule has 4 heterocycles. The van der Waals surface area contributed by atoms with E-state index in [1.807, 2.05) is 38.1 Å². The first-order valence-corrected chi connectivity index (χ1v) is 25.7. The maximum absolute atomic E-state index is 13.2. The maximum atomic E-state index is 13.2. The van der Waals surface area contributed by atoms with Gasteiger partial charge in [-0.2, -0.15) is 0 Å². The van der Waals surface area contributed by atoms with Gasteiger partial charge in [0, 0.05) is 52.7 Å². The number of halogens is 5. The van der Waals surface area contributed by atoms with Gasteiger partial charge in [-0.3, -0.25) is 19.4 Å². The maximum Gasteiger partial charge on any atom is 0.321 e. The van der Waals surface area contributed by atoms with E-state index in [-0.39, 0.29) is 26.7 Å². The summed E-state index contributed by atoms with van der Waals surface area (Å²) in [6.45, 7) is 13.2. The molecule has 0 radical (unpaired) electrons. The molecule has 4 aromatic rings. The van der Waals surface area contributed by atoms with Crippen molar-refractivity contribution in [1.29, 1.82) is 0 Å². The Morgan fingerprint density at radius 1 is 0.594 bits per heavy atom. The number of likely N-dealkylation sites (tertiary alicyclic amines) is 4. The molecule has 0 unspecified atom stereocenters. The molecule has 4 fully saturated rings. The third-order valence-electron chi connectivity index (χ3n) is 14.6. The summed E-state index contributed by atoms with van der Waals surface area (Å²) in [6.07, 6.45) is 9.17. The van der Waals surface area contributed by atoms with Gasteiger partial charge in [0.2, 0.25) is 0 Å². The van der Waals surface area contributed by atoms with Crippen molar-refractivity contribution >= 4 is 46.7 Å². The second-order valence-corrected chi connectivity index (χ2v) is 20.7. The lowest BCUT2D eigenvalue weighted by Crippen LogP contribution is -2.48. The molecular weight excluding hydrogens is 945 g/mol. The van der Waals surface area contributed by atoms with Crippen molar-refractivity contribution in [3.05, 3.63) is 128 Å². The van der Waals surface area contributed by atoms with Crippen molar-refractivity contribution in [2.24, 2.45) is 11.8 Å². The van der Waals surface area contributed by atoms with Gasteiger partial charge >= 0.3 is 11.9 Å². The number of piperidine rings is 4. The lowest BCUT2D eigenvalue weighted by atomic mass is 9.93. The van der Waals surface area contributed by atoms with E-state index in [1.165, 1.54) is 24.3 Å². The van der Waals surface area contributed by atoms with Crippen LogP contribution in [0, 0.1) is 37.3 Å². The summed E-state index contributed by atoms with van der Waals surface area (Å²) in [5.74, 6) is 0.635. The molecule has 4 saturated heterocycles.